The molecule has 0 aromatic carbocycles. The lowest BCUT2D eigenvalue weighted by Crippen LogP contribution is -2.30. The summed E-state index contributed by atoms with van der Waals surface area (Å²) in [5, 5.41) is 0. The van der Waals surface area contributed by atoms with Crippen molar-refractivity contribution in [3.63, 3.8) is 0 Å². The standard InChI is InChI=1S/C16H20F3NO3/c1-10(2)13-6-7-14(15(20-13)16(17,18)19)23-12-5-3-4-11(8-12)22-9-21/h6-7,9-12H,3-5,8H2,1-2H3/t11-,12-/m0/s1. The first kappa shape index (κ1) is 17.6. The van der Waals surface area contributed by atoms with Crippen molar-refractivity contribution in [3.8, 4) is 5.75 Å². The average molecular weight is 331 g/mol. The van der Waals surface area contributed by atoms with Crippen LogP contribution in [0.15, 0.2) is 12.1 Å². The van der Waals surface area contributed by atoms with E-state index in [2.05, 4.69) is 4.98 Å². The van der Waals surface area contributed by atoms with Gasteiger partial charge >= 0.3 is 6.18 Å². The fraction of sp³-hybridized carbons (Fsp3) is 0.625. The van der Waals surface area contributed by atoms with E-state index in [1.165, 1.54) is 6.07 Å². The predicted molar refractivity (Wildman–Crippen MR) is 77.1 cm³/mol. The Bertz CT molecular complexity index is 546. The first-order valence-electron chi connectivity index (χ1n) is 7.65. The van der Waals surface area contributed by atoms with Crippen LogP contribution in [0.25, 0.3) is 0 Å². The maximum atomic E-state index is 13.2. The van der Waals surface area contributed by atoms with Crippen LogP contribution in [0.5, 0.6) is 5.75 Å². The van der Waals surface area contributed by atoms with E-state index < -0.39 is 18.0 Å². The van der Waals surface area contributed by atoms with Crippen LogP contribution in [-0.2, 0) is 15.7 Å². The zero-order valence-electron chi connectivity index (χ0n) is 13.1. The third-order valence-corrected chi connectivity index (χ3v) is 3.86. The number of halogens is 3. The molecule has 128 valence electrons. The maximum absolute atomic E-state index is 13.2. The summed E-state index contributed by atoms with van der Waals surface area (Å²) < 4.78 is 50.1. The van der Waals surface area contributed by atoms with Crippen molar-refractivity contribution >= 4 is 6.47 Å². The Morgan fingerprint density at radius 3 is 2.57 bits per heavy atom. The molecule has 1 saturated carbocycles. The molecule has 4 nitrogen and oxygen atoms in total. The van der Waals surface area contributed by atoms with E-state index in [0.29, 0.717) is 31.4 Å². The van der Waals surface area contributed by atoms with Crippen LogP contribution < -0.4 is 4.74 Å². The number of pyridine rings is 1. The van der Waals surface area contributed by atoms with Crippen LogP contribution in [0.4, 0.5) is 13.2 Å². The van der Waals surface area contributed by atoms with Gasteiger partial charge in [0.15, 0.2) is 11.4 Å². The van der Waals surface area contributed by atoms with Gasteiger partial charge in [0, 0.05) is 12.1 Å². The molecule has 1 aromatic heterocycles. The maximum Gasteiger partial charge on any atom is 0.437 e. The fourth-order valence-electron chi connectivity index (χ4n) is 2.67. The summed E-state index contributed by atoms with van der Waals surface area (Å²) in [4.78, 5) is 14.1. The van der Waals surface area contributed by atoms with E-state index in [4.69, 9.17) is 9.47 Å². The molecule has 1 fully saturated rings. The normalized spacial score (nSPS) is 22.0. The zero-order valence-corrected chi connectivity index (χ0v) is 13.1. The second kappa shape index (κ2) is 7.19. The Kier molecular flexibility index (Phi) is 5.49. The molecule has 0 radical (unpaired) electrons. The summed E-state index contributed by atoms with van der Waals surface area (Å²) in [6.45, 7) is 3.93. The largest absolute Gasteiger partial charge is 0.488 e. The van der Waals surface area contributed by atoms with Gasteiger partial charge in [0.25, 0.3) is 6.47 Å². The van der Waals surface area contributed by atoms with Crippen LogP contribution in [0.3, 0.4) is 0 Å². The summed E-state index contributed by atoms with van der Waals surface area (Å²) in [7, 11) is 0. The van der Waals surface area contributed by atoms with Crippen molar-refractivity contribution in [3.05, 3.63) is 23.5 Å². The van der Waals surface area contributed by atoms with Gasteiger partial charge in [-0.2, -0.15) is 13.2 Å². The van der Waals surface area contributed by atoms with Crippen LogP contribution in [-0.4, -0.2) is 23.7 Å². The molecule has 2 rings (SSSR count). The minimum Gasteiger partial charge on any atom is -0.488 e. The first-order valence-corrected chi connectivity index (χ1v) is 7.65. The molecule has 0 bridgehead atoms. The number of carbonyl (C=O) groups is 1. The molecule has 23 heavy (non-hydrogen) atoms. The average Bonchev–Trinajstić information content (AvgIpc) is 2.47. The second-order valence-electron chi connectivity index (χ2n) is 6.00. The molecule has 7 heteroatoms. The summed E-state index contributed by atoms with van der Waals surface area (Å²) in [5.74, 6) is -0.371. The van der Waals surface area contributed by atoms with Crippen molar-refractivity contribution in [2.24, 2.45) is 0 Å². The third kappa shape index (κ3) is 4.59. The summed E-state index contributed by atoms with van der Waals surface area (Å²) in [6, 6.07) is 2.88. The molecular formula is C16H20F3NO3. The van der Waals surface area contributed by atoms with Crippen LogP contribution in [0, 0.1) is 0 Å². The van der Waals surface area contributed by atoms with Crippen LogP contribution in [0.2, 0.25) is 0 Å². The van der Waals surface area contributed by atoms with Crippen LogP contribution in [0.1, 0.15) is 56.8 Å². The number of carbonyl (C=O) groups excluding carboxylic acids is 1. The Morgan fingerprint density at radius 2 is 1.96 bits per heavy atom. The van der Waals surface area contributed by atoms with Crippen molar-refractivity contribution < 1.29 is 27.4 Å². The predicted octanol–water partition coefficient (Wildman–Crippen LogP) is 4.09. The van der Waals surface area contributed by atoms with Crippen molar-refractivity contribution in [2.75, 3.05) is 0 Å². The Balaban J connectivity index is 2.20. The van der Waals surface area contributed by atoms with Gasteiger partial charge in [0.2, 0.25) is 0 Å². The molecule has 0 saturated heterocycles. The number of aromatic nitrogens is 1. The number of nitrogens with zero attached hydrogens (tertiary/aromatic N) is 1. The zero-order chi connectivity index (χ0) is 17.0. The molecule has 0 amide bonds. The van der Waals surface area contributed by atoms with E-state index in [-0.39, 0.29) is 17.8 Å². The second-order valence-corrected chi connectivity index (χ2v) is 6.00. The SMILES string of the molecule is CC(C)c1ccc(O[C@H]2CCC[C@H](OC=O)C2)c(C(F)(F)F)n1. The van der Waals surface area contributed by atoms with Gasteiger partial charge in [-0.05, 0) is 37.3 Å². The summed E-state index contributed by atoms with van der Waals surface area (Å²) >= 11 is 0. The molecule has 1 aliphatic carbocycles. The minimum absolute atomic E-state index is 0.106. The molecule has 0 N–H and O–H groups in total. The summed E-state index contributed by atoms with van der Waals surface area (Å²) in [6.07, 6.45) is -2.83. The van der Waals surface area contributed by atoms with E-state index in [9.17, 15) is 18.0 Å². The molecule has 0 aliphatic heterocycles. The molecule has 2 atom stereocenters. The first-order chi connectivity index (χ1) is 10.8. The number of ether oxygens (including phenoxy) is 2. The molecule has 1 heterocycles. The topological polar surface area (TPSA) is 48.4 Å². The number of alkyl halides is 3. The van der Waals surface area contributed by atoms with Crippen molar-refractivity contribution in [1.29, 1.82) is 0 Å². The highest BCUT2D eigenvalue weighted by Gasteiger charge is 2.38. The van der Waals surface area contributed by atoms with Gasteiger partial charge in [-0.1, -0.05) is 13.8 Å². The lowest BCUT2D eigenvalue weighted by molar-refractivity contribution is -0.143. The highest BCUT2D eigenvalue weighted by Crippen LogP contribution is 2.37. The van der Waals surface area contributed by atoms with Gasteiger partial charge in [0.05, 0.1) is 0 Å². The monoisotopic (exact) mass is 331 g/mol. The Morgan fingerprint density at radius 1 is 1.26 bits per heavy atom. The molecule has 1 aromatic rings. The number of hydrogen-bond acceptors (Lipinski definition) is 4. The van der Waals surface area contributed by atoms with Gasteiger partial charge in [-0.15, -0.1) is 0 Å². The highest BCUT2D eigenvalue weighted by molar-refractivity contribution is 5.37. The molecule has 0 spiro atoms. The van der Waals surface area contributed by atoms with Gasteiger partial charge < -0.3 is 9.47 Å². The van der Waals surface area contributed by atoms with Gasteiger partial charge in [-0.3, -0.25) is 4.79 Å². The molecule has 1 aliphatic rings. The molecule has 0 unspecified atom stereocenters. The third-order valence-electron chi connectivity index (χ3n) is 3.86. The number of rotatable bonds is 5. The highest BCUT2D eigenvalue weighted by atomic mass is 19.4. The molecular weight excluding hydrogens is 311 g/mol. The minimum atomic E-state index is -4.58. The Labute approximate surface area is 133 Å². The van der Waals surface area contributed by atoms with Gasteiger partial charge in [0.1, 0.15) is 12.2 Å². The van der Waals surface area contributed by atoms with E-state index >= 15 is 0 Å². The lowest BCUT2D eigenvalue weighted by atomic mass is 9.95. The van der Waals surface area contributed by atoms with E-state index in [0.717, 1.165) is 6.42 Å². The Hall–Kier alpha value is -1.79. The quantitative estimate of drug-likeness (QED) is 0.763. The smallest absolute Gasteiger partial charge is 0.437 e. The van der Waals surface area contributed by atoms with Gasteiger partial charge in [-0.25, -0.2) is 4.98 Å². The van der Waals surface area contributed by atoms with Crippen molar-refractivity contribution in [2.45, 2.75) is 63.8 Å². The van der Waals surface area contributed by atoms with E-state index in [1.54, 1.807) is 19.9 Å². The van der Waals surface area contributed by atoms with Crippen LogP contribution >= 0.6 is 0 Å². The lowest BCUT2D eigenvalue weighted by Gasteiger charge is -2.29. The van der Waals surface area contributed by atoms with Crippen molar-refractivity contribution in [1.82, 2.24) is 4.98 Å². The van der Waals surface area contributed by atoms with E-state index in [1.807, 2.05) is 0 Å². The number of hydrogen-bond donors (Lipinski definition) is 0. The summed E-state index contributed by atoms with van der Waals surface area (Å²) in [5.41, 5.74) is -0.627. The fourth-order valence-corrected chi connectivity index (χ4v) is 2.67.